The van der Waals surface area contributed by atoms with Gasteiger partial charge in [0.1, 0.15) is 11.6 Å². The maximum absolute atomic E-state index is 13.3. The number of benzene rings is 1. The average Bonchev–Trinajstić information content (AvgIpc) is 3.17. The van der Waals surface area contributed by atoms with Gasteiger partial charge in [-0.15, -0.1) is 0 Å². The number of rotatable bonds is 6. The third kappa shape index (κ3) is 5.71. The molecule has 0 aromatic heterocycles. The van der Waals surface area contributed by atoms with Crippen molar-refractivity contribution < 1.29 is 13.9 Å². The molecule has 2 N–H and O–H groups in total. The van der Waals surface area contributed by atoms with Gasteiger partial charge >= 0.3 is 0 Å². The van der Waals surface area contributed by atoms with Crippen LogP contribution < -0.4 is 15.4 Å². The van der Waals surface area contributed by atoms with E-state index in [-0.39, 0.29) is 23.9 Å². The van der Waals surface area contributed by atoms with Gasteiger partial charge in [0, 0.05) is 23.7 Å². The number of hydrogen-bond donors (Lipinski definition) is 2. The van der Waals surface area contributed by atoms with Crippen LogP contribution in [0.1, 0.15) is 39.2 Å². The van der Waals surface area contributed by atoms with Crippen molar-refractivity contribution in [2.75, 3.05) is 6.61 Å². The van der Waals surface area contributed by atoms with Crippen LogP contribution in [-0.4, -0.2) is 24.1 Å². The highest BCUT2D eigenvalue weighted by Crippen LogP contribution is 2.23. The summed E-state index contributed by atoms with van der Waals surface area (Å²) in [6.45, 7) is 6.22. The van der Waals surface area contributed by atoms with Crippen LogP contribution in [0.15, 0.2) is 18.2 Å². The Morgan fingerprint density at radius 2 is 2.10 bits per heavy atom. The van der Waals surface area contributed by atoms with Gasteiger partial charge in [0.05, 0.1) is 0 Å². The maximum Gasteiger partial charge on any atom is 0.258 e. The Morgan fingerprint density at radius 3 is 2.71 bits per heavy atom. The molecule has 1 fully saturated rings. The molecule has 0 aliphatic heterocycles. The lowest BCUT2D eigenvalue weighted by Crippen LogP contribution is -2.43. The van der Waals surface area contributed by atoms with Gasteiger partial charge in [-0.05, 0) is 51.8 Å². The molecule has 21 heavy (non-hydrogen) atoms. The van der Waals surface area contributed by atoms with Crippen LogP contribution in [0.25, 0.3) is 0 Å². The fraction of sp³-hybridized carbons (Fsp3) is 0.562. The minimum absolute atomic E-state index is 0.0701. The largest absolute Gasteiger partial charge is 0.483 e. The highest BCUT2D eigenvalue weighted by molar-refractivity contribution is 5.78. The summed E-state index contributed by atoms with van der Waals surface area (Å²) in [6, 6.07) is 4.90. The molecule has 2 rings (SSSR count). The molecule has 1 amide bonds. The molecule has 0 bridgehead atoms. The van der Waals surface area contributed by atoms with E-state index in [1.807, 2.05) is 20.8 Å². The fourth-order valence-electron chi connectivity index (χ4n) is 1.97. The third-order valence-corrected chi connectivity index (χ3v) is 3.05. The molecule has 1 aromatic carbocycles. The molecule has 0 saturated heterocycles. The van der Waals surface area contributed by atoms with Gasteiger partial charge < -0.3 is 15.4 Å². The minimum atomic E-state index is -0.297. The van der Waals surface area contributed by atoms with E-state index < -0.39 is 0 Å². The van der Waals surface area contributed by atoms with E-state index in [1.165, 1.54) is 25.0 Å². The van der Waals surface area contributed by atoms with E-state index in [0.717, 1.165) is 5.56 Å². The summed E-state index contributed by atoms with van der Waals surface area (Å²) in [5, 5.41) is 6.15. The predicted octanol–water partition coefficient (Wildman–Crippen LogP) is 2.37. The molecule has 116 valence electrons. The first-order valence-electron chi connectivity index (χ1n) is 7.29. The first-order valence-corrected chi connectivity index (χ1v) is 7.29. The Morgan fingerprint density at radius 1 is 1.38 bits per heavy atom. The van der Waals surface area contributed by atoms with Crippen LogP contribution in [0.5, 0.6) is 5.75 Å². The van der Waals surface area contributed by atoms with Crippen molar-refractivity contribution in [3.8, 4) is 5.75 Å². The Hall–Kier alpha value is -1.62. The van der Waals surface area contributed by atoms with Crippen LogP contribution in [0.4, 0.5) is 4.39 Å². The van der Waals surface area contributed by atoms with Crippen molar-refractivity contribution in [2.45, 2.75) is 51.7 Å². The standard InChI is InChI=1S/C16H23FN2O2/c1-16(2,3)19-15(20)10-21-14-7-4-12(17)8-11(14)9-18-13-5-6-13/h4,7-8,13,18H,5-6,9-10H2,1-3H3,(H,19,20). The summed E-state index contributed by atoms with van der Waals surface area (Å²) in [5.74, 6) is 0.0654. The molecule has 0 unspecified atom stereocenters. The molecular formula is C16H23FN2O2. The molecule has 0 atom stereocenters. The van der Waals surface area contributed by atoms with E-state index in [9.17, 15) is 9.18 Å². The SMILES string of the molecule is CC(C)(C)NC(=O)COc1ccc(F)cc1CNC1CC1. The first kappa shape index (κ1) is 15.8. The van der Waals surface area contributed by atoms with E-state index in [1.54, 1.807) is 6.07 Å². The Labute approximate surface area is 125 Å². The summed E-state index contributed by atoms with van der Waals surface area (Å²) in [5.41, 5.74) is 0.449. The van der Waals surface area contributed by atoms with E-state index in [0.29, 0.717) is 18.3 Å². The van der Waals surface area contributed by atoms with Crippen molar-refractivity contribution in [1.29, 1.82) is 0 Å². The fourth-order valence-corrected chi connectivity index (χ4v) is 1.97. The predicted molar refractivity (Wildman–Crippen MR) is 79.7 cm³/mol. The first-order chi connectivity index (χ1) is 9.83. The highest BCUT2D eigenvalue weighted by atomic mass is 19.1. The number of halogens is 1. The van der Waals surface area contributed by atoms with Gasteiger partial charge in [-0.2, -0.15) is 0 Å². The molecule has 1 aliphatic rings. The number of amides is 1. The summed E-state index contributed by atoms with van der Waals surface area (Å²) < 4.78 is 18.9. The van der Waals surface area contributed by atoms with Crippen molar-refractivity contribution >= 4 is 5.91 Å². The lowest BCUT2D eigenvalue weighted by atomic mass is 10.1. The molecule has 0 spiro atoms. The van der Waals surface area contributed by atoms with Gasteiger partial charge in [-0.1, -0.05) is 0 Å². The van der Waals surface area contributed by atoms with Gasteiger partial charge in [0.15, 0.2) is 6.61 Å². The minimum Gasteiger partial charge on any atom is -0.483 e. The number of carbonyl (C=O) groups is 1. The number of ether oxygens (including phenoxy) is 1. The quantitative estimate of drug-likeness (QED) is 0.847. The number of hydrogen-bond acceptors (Lipinski definition) is 3. The van der Waals surface area contributed by atoms with Gasteiger partial charge in [0.25, 0.3) is 5.91 Å². The second-order valence-electron chi connectivity index (χ2n) is 6.49. The zero-order chi connectivity index (χ0) is 15.5. The lowest BCUT2D eigenvalue weighted by molar-refractivity contribution is -0.124. The van der Waals surface area contributed by atoms with Crippen molar-refractivity contribution in [3.63, 3.8) is 0 Å². The van der Waals surface area contributed by atoms with Crippen molar-refractivity contribution in [2.24, 2.45) is 0 Å². The van der Waals surface area contributed by atoms with Crippen LogP contribution in [-0.2, 0) is 11.3 Å². The Kier molecular flexibility index (Phi) is 4.83. The summed E-state index contributed by atoms with van der Waals surface area (Å²) >= 11 is 0. The summed E-state index contributed by atoms with van der Waals surface area (Å²) in [7, 11) is 0. The molecule has 4 nitrogen and oxygen atoms in total. The second kappa shape index (κ2) is 6.43. The molecule has 1 aliphatic carbocycles. The van der Waals surface area contributed by atoms with Gasteiger partial charge in [-0.25, -0.2) is 4.39 Å². The summed E-state index contributed by atoms with van der Waals surface area (Å²) in [6.07, 6.45) is 2.33. The van der Waals surface area contributed by atoms with E-state index in [2.05, 4.69) is 10.6 Å². The normalized spacial score (nSPS) is 14.9. The molecule has 1 aromatic rings. The Balaban J connectivity index is 1.93. The average molecular weight is 294 g/mol. The lowest BCUT2D eigenvalue weighted by Gasteiger charge is -2.21. The monoisotopic (exact) mass is 294 g/mol. The van der Waals surface area contributed by atoms with Gasteiger partial charge in [0.2, 0.25) is 0 Å². The topological polar surface area (TPSA) is 50.4 Å². The smallest absolute Gasteiger partial charge is 0.258 e. The molecular weight excluding hydrogens is 271 g/mol. The van der Waals surface area contributed by atoms with Crippen LogP contribution in [0.2, 0.25) is 0 Å². The zero-order valence-electron chi connectivity index (χ0n) is 12.8. The number of nitrogens with one attached hydrogen (secondary N) is 2. The molecule has 0 heterocycles. The second-order valence-corrected chi connectivity index (χ2v) is 6.49. The van der Waals surface area contributed by atoms with Crippen LogP contribution in [0.3, 0.4) is 0 Å². The number of carbonyl (C=O) groups excluding carboxylic acids is 1. The van der Waals surface area contributed by atoms with E-state index in [4.69, 9.17) is 4.74 Å². The Bertz CT molecular complexity index is 507. The highest BCUT2D eigenvalue weighted by Gasteiger charge is 2.21. The van der Waals surface area contributed by atoms with Crippen LogP contribution >= 0.6 is 0 Å². The van der Waals surface area contributed by atoms with Crippen LogP contribution in [0, 0.1) is 5.82 Å². The van der Waals surface area contributed by atoms with Crippen molar-refractivity contribution in [3.05, 3.63) is 29.6 Å². The molecule has 0 radical (unpaired) electrons. The molecule has 1 saturated carbocycles. The zero-order valence-corrected chi connectivity index (χ0v) is 12.8. The third-order valence-electron chi connectivity index (χ3n) is 3.05. The molecule has 5 heteroatoms. The van der Waals surface area contributed by atoms with Crippen molar-refractivity contribution in [1.82, 2.24) is 10.6 Å². The van der Waals surface area contributed by atoms with E-state index >= 15 is 0 Å². The maximum atomic E-state index is 13.3. The summed E-state index contributed by atoms with van der Waals surface area (Å²) in [4.78, 5) is 11.8. The van der Waals surface area contributed by atoms with Gasteiger partial charge in [-0.3, -0.25) is 4.79 Å².